The third-order valence-corrected chi connectivity index (χ3v) is 4.51. The third-order valence-electron chi connectivity index (χ3n) is 3.61. The standard InChI is InChI=1S/C18H23N3O3S/c1-5-7-9-15-20-21-18(25-15)19-17(22)13-10-12(8-6-2)16(24-4)14(11-13)23-3/h6,10-11H,2,5,7-9H2,1,3-4H3,(H,19,21,22). The van der Waals surface area contributed by atoms with Gasteiger partial charge in [-0.1, -0.05) is 30.8 Å². The van der Waals surface area contributed by atoms with Gasteiger partial charge in [-0.2, -0.15) is 0 Å². The normalized spacial score (nSPS) is 10.4. The number of rotatable bonds is 9. The molecular weight excluding hydrogens is 338 g/mol. The zero-order valence-electron chi connectivity index (χ0n) is 14.8. The Balaban J connectivity index is 2.21. The number of nitrogens with one attached hydrogen (secondary N) is 1. The molecule has 1 aromatic heterocycles. The van der Waals surface area contributed by atoms with Crippen molar-refractivity contribution >= 4 is 22.4 Å². The van der Waals surface area contributed by atoms with E-state index in [0.29, 0.717) is 28.6 Å². The first kappa shape index (κ1) is 18.9. The van der Waals surface area contributed by atoms with Crippen LogP contribution in [-0.4, -0.2) is 30.3 Å². The Labute approximate surface area is 151 Å². The van der Waals surface area contributed by atoms with Gasteiger partial charge in [-0.3, -0.25) is 10.1 Å². The lowest BCUT2D eigenvalue weighted by Crippen LogP contribution is -2.13. The number of unbranched alkanes of at least 4 members (excludes halogenated alkanes) is 1. The van der Waals surface area contributed by atoms with E-state index >= 15 is 0 Å². The summed E-state index contributed by atoms with van der Waals surface area (Å²) in [6.45, 7) is 5.87. The number of methoxy groups -OCH3 is 2. The number of allylic oxidation sites excluding steroid dienone is 1. The van der Waals surface area contributed by atoms with E-state index in [9.17, 15) is 4.79 Å². The molecule has 1 aromatic carbocycles. The van der Waals surface area contributed by atoms with Crippen molar-refractivity contribution in [2.75, 3.05) is 19.5 Å². The predicted molar refractivity (Wildman–Crippen MR) is 99.9 cm³/mol. The van der Waals surface area contributed by atoms with Gasteiger partial charge in [0.15, 0.2) is 11.5 Å². The fourth-order valence-electron chi connectivity index (χ4n) is 2.38. The number of anilines is 1. The maximum absolute atomic E-state index is 12.6. The highest BCUT2D eigenvalue weighted by atomic mass is 32.1. The second-order valence-electron chi connectivity index (χ2n) is 5.42. The van der Waals surface area contributed by atoms with Gasteiger partial charge in [0.2, 0.25) is 5.13 Å². The minimum absolute atomic E-state index is 0.260. The van der Waals surface area contributed by atoms with E-state index in [0.717, 1.165) is 29.8 Å². The smallest absolute Gasteiger partial charge is 0.257 e. The van der Waals surface area contributed by atoms with Gasteiger partial charge < -0.3 is 9.47 Å². The van der Waals surface area contributed by atoms with E-state index in [1.165, 1.54) is 11.3 Å². The van der Waals surface area contributed by atoms with Crippen molar-refractivity contribution in [3.05, 3.63) is 40.9 Å². The molecule has 0 fully saturated rings. The molecule has 0 aliphatic rings. The largest absolute Gasteiger partial charge is 0.493 e. The number of nitrogens with zero attached hydrogens (tertiary/aromatic N) is 2. The predicted octanol–water partition coefficient (Wildman–Crippen LogP) is 3.88. The van der Waals surface area contributed by atoms with Crippen molar-refractivity contribution < 1.29 is 14.3 Å². The number of amides is 1. The molecule has 6 nitrogen and oxygen atoms in total. The van der Waals surface area contributed by atoms with Crippen LogP contribution in [0.1, 0.15) is 40.7 Å². The summed E-state index contributed by atoms with van der Waals surface area (Å²) in [5, 5.41) is 12.4. The first-order valence-corrected chi connectivity index (χ1v) is 8.94. The highest BCUT2D eigenvalue weighted by molar-refractivity contribution is 7.15. The van der Waals surface area contributed by atoms with Crippen LogP contribution in [0.4, 0.5) is 5.13 Å². The Morgan fingerprint density at radius 3 is 2.76 bits per heavy atom. The SMILES string of the molecule is C=CCc1cc(C(=O)Nc2nnc(CCCC)s2)cc(OC)c1OC. The molecule has 134 valence electrons. The average molecular weight is 361 g/mol. The van der Waals surface area contributed by atoms with Crippen LogP contribution in [0.3, 0.4) is 0 Å². The van der Waals surface area contributed by atoms with Crippen molar-refractivity contribution in [1.82, 2.24) is 10.2 Å². The van der Waals surface area contributed by atoms with Crippen molar-refractivity contribution in [1.29, 1.82) is 0 Å². The molecule has 2 rings (SSSR count). The first-order valence-electron chi connectivity index (χ1n) is 8.12. The summed E-state index contributed by atoms with van der Waals surface area (Å²) < 4.78 is 10.7. The van der Waals surface area contributed by atoms with Crippen molar-refractivity contribution in [3.63, 3.8) is 0 Å². The quantitative estimate of drug-likeness (QED) is 0.686. The number of ether oxygens (including phenoxy) is 2. The topological polar surface area (TPSA) is 73.3 Å². The van der Waals surface area contributed by atoms with Gasteiger partial charge in [0.25, 0.3) is 5.91 Å². The molecule has 0 atom stereocenters. The highest BCUT2D eigenvalue weighted by Crippen LogP contribution is 2.33. The molecule has 0 unspecified atom stereocenters. The van der Waals surface area contributed by atoms with Gasteiger partial charge in [0.05, 0.1) is 14.2 Å². The summed E-state index contributed by atoms with van der Waals surface area (Å²) in [5.74, 6) is 0.856. The van der Waals surface area contributed by atoms with Crippen molar-refractivity contribution in [3.8, 4) is 11.5 Å². The highest BCUT2D eigenvalue weighted by Gasteiger charge is 2.17. The number of carbonyl (C=O) groups is 1. The second-order valence-corrected chi connectivity index (χ2v) is 6.48. The molecular formula is C18H23N3O3S. The van der Waals surface area contributed by atoms with Crippen LogP contribution < -0.4 is 14.8 Å². The average Bonchev–Trinajstić information content (AvgIpc) is 3.06. The Morgan fingerprint density at radius 2 is 2.12 bits per heavy atom. The minimum Gasteiger partial charge on any atom is -0.493 e. The summed E-state index contributed by atoms with van der Waals surface area (Å²) >= 11 is 1.40. The molecule has 7 heteroatoms. The second kappa shape index (κ2) is 9.17. The Hall–Kier alpha value is -2.41. The van der Waals surface area contributed by atoms with Crippen molar-refractivity contribution in [2.24, 2.45) is 0 Å². The number of aromatic nitrogens is 2. The Morgan fingerprint density at radius 1 is 1.32 bits per heavy atom. The molecule has 0 aliphatic carbocycles. The molecule has 0 saturated heterocycles. The number of hydrogen-bond donors (Lipinski definition) is 1. The molecule has 0 aliphatic heterocycles. The van der Waals surface area contributed by atoms with E-state index in [1.807, 2.05) is 0 Å². The molecule has 2 aromatic rings. The monoisotopic (exact) mass is 361 g/mol. The summed E-state index contributed by atoms with van der Waals surface area (Å²) in [4.78, 5) is 12.6. The summed E-state index contributed by atoms with van der Waals surface area (Å²) in [7, 11) is 3.12. The molecule has 1 N–H and O–H groups in total. The van der Waals surface area contributed by atoms with Gasteiger partial charge in [-0.15, -0.1) is 16.8 Å². The maximum Gasteiger partial charge on any atom is 0.257 e. The van der Waals surface area contributed by atoms with Crippen LogP contribution in [0.2, 0.25) is 0 Å². The van der Waals surface area contributed by atoms with Crippen LogP contribution in [0.5, 0.6) is 11.5 Å². The summed E-state index contributed by atoms with van der Waals surface area (Å²) in [6, 6.07) is 3.43. The maximum atomic E-state index is 12.6. The zero-order valence-corrected chi connectivity index (χ0v) is 15.6. The van der Waals surface area contributed by atoms with E-state index < -0.39 is 0 Å². The minimum atomic E-state index is -0.260. The Bertz CT molecular complexity index is 743. The van der Waals surface area contributed by atoms with Gasteiger partial charge >= 0.3 is 0 Å². The number of benzene rings is 1. The van der Waals surface area contributed by atoms with Gasteiger partial charge in [0, 0.05) is 17.5 Å². The lowest BCUT2D eigenvalue weighted by molar-refractivity contribution is 0.102. The lowest BCUT2D eigenvalue weighted by atomic mass is 10.1. The van der Waals surface area contributed by atoms with Crippen LogP contribution in [-0.2, 0) is 12.8 Å². The first-order chi connectivity index (χ1) is 12.1. The number of hydrogen-bond acceptors (Lipinski definition) is 6. The lowest BCUT2D eigenvalue weighted by Gasteiger charge is -2.14. The van der Waals surface area contributed by atoms with Crippen LogP contribution in [0, 0.1) is 0 Å². The fourth-order valence-corrected chi connectivity index (χ4v) is 3.16. The molecule has 0 radical (unpaired) electrons. The van der Waals surface area contributed by atoms with Crippen LogP contribution in [0.25, 0.3) is 0 Å². The van der Waals surface area contributed by atoms with Gasteiger partial charge in [-0.05, 0) is 25.0 Å². The summed E-state index contributed by atoms with van der Waals surface area (Å²) in [5.41, 5.74) is 1.31. The van der Waals surface area contributed by atoms with Gasteiger partial charge in [0.1, 0.15) is 5.01 Å². The third kappa shape index (κ3) is 4.79. The van der Waals surface area contributed by atoms with E-state index in [1.54, 1.807) is 32.4 Å². The molecule has 25 heavy (non-hydrogen) atoms. The van der Waals surface area contributed by atoms with Crippen LogP contribution in [0.15, 0.2) is 24.8 Å². The number of carbonyl (C=O) groups excluding carboxylic acids is 1. The molecule has 0 bridgehead atoms. The molecule has 1 amide bonds. The van der Waals surface area contributed by atoms with E-state index in [2.05, 4.69) is 29.0 Å². The van der Waals surface area contributed by atoms with E-state index in [-0.39, 0.29) is 5.91 Å². The summed E-state index contributed by atoms with van der Waals surface area (Å²) in [6.07, 6.45) is 5.36. The molecule has 0 saturated carbocycles. The van der Waals surface area contributed by atoms with E-state index in [4.69, 9.17) is 9.47 Å². The van der Waals surface area contributed by atoms with Crippen molar-refractivity contribution in [2.45, 2.75) is 32.6 Å². The number of aryl methyl sites for hydroxylation is 1. The molecule has 0 spiro atoms. The van der Waals surface area contributed by atoms with Gasteiger partial charge in [-0.25, -0.2) is 0 Å². The molecule has 1 heterocycles. The zero-order chi connectivity index (χ0) is 18.2. The Kier molecular flexibility index (Phi) is 6.94. The van der Waals surface area contributed by atoms with Crippen LogP contribution >= 0.6 is 11.3 Å². The fraction of sp³-hybridized carbons (Fsp3) is 0.389.